The van der Waals surface area contributed by atoms with Gasteiger partial charge in [-0.15, -0.1) is 0 Å². The standard InChI is InChI=1S/C19H21N3O4S.C18H19N3O4S/c1-13-5-2-8-17-18(13)16(19(24)22-17)12-20-14-6-3-7-15(11-14)27(25,26)21-9-4-10-23;22-10-4-9-20-26(24,25)14-6-3-5-13(11-14)19-12-16-15-7-1-2-8-17(15)21-18(16)23/h2-3,5-8,11-12,20-21,23H,4,9-10H2,1H3,(H,22,24);1-3,5-8,11-12,19-20,22H,4,9-10H2,(H,21,23). The molecular formula is C37H40N6O8S2. The van der Waals surface area contributed by atoms with E-state index < -0.39 is 20.0 Å². The molecule has 2 aliphatic rings. The lowest BCUT2D eigenvalue weighted by Crippen LogP contribution is -2.25. The van der Waals surface area contributed by atoms with E-state index in [1.165, 1.54) is 24.3 Å². The summed E-state index contributed by atoms with van der Waals surface area (Å²) >= 11 is 0. The van der Waals surface area contributed by atoms with E-state index in [1.807, 2.05) is 49.4 Å². The number of aryl methyl sites for hydroxylation is 1. The molecule has 0 spiro atoms. The van der Waals surface area contributed by atoms with E-state index in [2.05, 4.69) is 30.7 Å². The van der Waals surface area contributed by atoms with E-state index in [-0.39, 0.29) is 47.9 Å². The SMILES string of the molecule is Cc1cccc2c1C(=CNc1cccc(S(=O)(=O)NCCCO)c1)C(=O)N2.O=C1Nc2ccccc2C1=CNc1cccc(S(=O)(=O)NCCCO)c1. The van der Waals surface area contributed by atoms with Crippen LogP contribution in [-0.2, 0) is 29.6 Å². The van der Waals surface area contributed by atoms with Crippen LogP contribution in [0.4, 0.5) is 22.7 Å². The molecule has 278 valence electrons. The third-order valence-electron chi connectivity index (χ3n) is 8.05. The summed E-state index contributed by atoms with van der Waals surface area (Å²) in [7, 11) is -7.31. The van der Waals surface area contributed by atoms with Crippen molar-refractivity contribution in [1.29, 1.82) is 0 Å². The second kappa shape index (κ2) is 17.4. The highest BCUT2D eigenvalue weighted by molar-refractivity contribution is 7.89. The van der Waals surface area contributed by atoms with E-state index in [4.69, 9.17) is 10.2 Å². The first-order valence-corrected chi connectivity index (χ1v) is 19.6. The fourth-order valence-electron chi connectivity index (χ4n) is 5.41. The van der Waals surface area contributed by atoms with Gasteiger partial charge >= 0.3 is 0 Å². The van der Waals surface area contributed by atoms with Gasteiger partial charge in [0, 0.05) is 72.6 Å². The zero-order valence-corrected chi connectivity index (χ0v) is 30.4. The van der Waals surface area contributed by atoms with Crippen LogP contribution in [0, 0.1) is 6.92 Å². The summed E-state index contributed by atoms with van der Waals surface area (Å²) in [4.78, 5) is 24.5. The van der Waals surface area contributed by atoms with Crippen molar-refractivity contribution in [2.75, 3.05) is 47.6 Å². The fraction of sp³-hybridized carbons (Fsp3) is 0.189. The molecule has 4 aromatic rings. The largest absolute Gasteiger partial charge is 0.396 e. The van der Waals surface area contributed by atoms with Crippen molar-refractivity contribution >= 4 is 65.8 Å². The summed E-state index contributed by atoms with van der Waals surface area (Å²) in [5.41, 5.74) is 6.18. The third kappa shape index (κ3) is 9.75. The number of hydrogen-bond acceptors (Lipinski definition) is 10. The van der Waals surface area contributed by atoms with Gasteiger partial charge in [-0.3, -0.25) is 9.59 Å². The average Bonchev–Trinajstić information content (AvgIpc) is 3.65. The maximum Gasteiger partial charge on any atom is 0.257 e. The van der Waals surface area contributed by atoms with Gasteiger partial charge in [0.1, 0.15) is 0 Å². The van der Waals surface area contributed by atoms with E-state index in [9.17, 15) is 26.4 Å². The van der Waals surface area contributed by atoms with Crippen molar-refractivity contribution in [2.45, 2.75) is 29.6 Å². The van der Waals surface area contributed by atoms with Gasteiger partial charge in [-0.25, -0.2) is 26.3 Å². The van der Waals surface area contributed by atoms with Crippen LogP contribution in [0.2, 0.25) is 0 Å². The van der Waals surface area contributed by atoms with Gasteiger partial charge in [-0.1, -0.05) is 42.5 Å². The molecule has 2 heterocycles. The number of carbonyl (C=O) groups excluding carboxylic acids is 2. The number of aliphatic hydroxyl groups excluding tert-OH is 2. The smallest absolute Gasteiger partial charge is 0.257 e. The summed E-state index contributed by atoms with van der Waals surface area (Å²) in [6, 6.07) is 25.6. The second-order valence-corrected chi connectivity index (χ2v) is 15.4. The summed E-state index contributed by atoms with van der Waals surface area (Å²) in [6.07, 6.45) is 3.83. The van der Waals surface area contributed by atoms with Crippen LogP contribution >= 0.6 is 0 Å². The number of carbonyl (C=O) groups is 2. The quantitative estimate of drug-likeness (QED) is 0.0687. The molecular weight excluding hydrogens is 721 g/mol. The Hall–Kier alpha value is -5.36. The summed E-state index contributed by atoms with van der Waals surface area (Å²) in [5, 5.41) is 29.1. The lowest BCUT2D eigenvalue weighted by molar-refractivity contribution is -0.111. The number of amides is 2. The zero-order valence-electron chi connectivity index (χ0n) is 28.7. The maximum absolute atomic E-state index is 12.3. The molecule has 0 aromatic heterocycles. The Morgan fingerprint density at radius 3 is 1.70 bits per heavy atom. The molecule has 8 N–H and O–H groups in total. The predicted molar refractivity (Wildman–Crippen MR) is 205 cm³/mol. The number of aliphatic hydroxyl groups is 2. The van der Waals surface area contributed by atoms with Crippen LogP contribution in [0.1, 0.15) is 29.5 Å². The van der Waals surface area contributed by atoms with Gasteiger partial charge in [0.2, 0.25) is 20.0 Å². The third-order valence-corrected chi connectivity index (χ3v) is 11.0. The Kier molecular flexibility index (Phi) is 12.8. The van der Waals surface area contributed by atoms with Crippen LogP contribution in [0.5, 0.6) is 0 Å². The Balaban J connectivity index is 0.000000204. The van der Waals surface area contributed by atoms with Crippen LogP contribution in [0.15, 0.2) is 113 Å². The zero-order chi connectivity index (χ0) is 38.0. The molecule has 0 saturated heterocycles. The molecule has 14 nitrogen and oxygen atoms in total. The summed E-state index contributed by atoms with van der Waals surface area (Å²) in [5.74, 6) is -0.422. The summed E-state index contributed by atoms with van der Waals surface area (Å²) < 4.78 is 53.9. The Morgan fingerprint density at radius 2 is 1.11 bits per heavy atom. The van der Waals surface area contributed by atoms with Crippen LogP contribution in [0.25, 0.3) is 11.1 Å². The molecule has 0 atom stereocenters. The van der Waals surface area contributed by atoms with Gasteiger partial charge in [0.15, 0.2) is 0 Å². The lowest BCUT2D eigenvalue weighted by Gasteiger charge is -2.09. The number of rotatable bonds is 14. The number of benzene rings is 4. The van der Waals surface area contributed by atoms with Gasteiger partial charge in [0.25, 0.3) is 11.8 Å². The molecule has 4 aromatic carbocycles. The number of hydrogen-bond donors (Lipinski definition) is 8. The number of anilines is 4. The minimum Gasteiger partial charge on any atom is -0.396 e. The van der Waals surface area contributed by atoms with Crippen molar-refractivity contribution in [1.82, 2.24) is 9.44 Å². The first-order valence-electron chi connectivity index (χ1n) is 16.6. The highest BCUT2D eigenvalue weighted by Gasteiger charge is 2.26. The molecule has 2 amide bonds. The minimum absolute atomic E-state index is 0.0821. The van der Waals surface area contributed by atoms with Gasteiger partial charge < -0.3 is 31.5 Å². The van der Waals surface area contributed by atoms with Crippen LogP contribution in [-0.4, -0.2) is 65.2 Å². The van der Waals surface area contributed by atoms with E-state index in [1.54, 1.807) is 36.7 Å². The van der Waals surface area contributed by atoms with Crippen molar-refractivity contribution in [3.63, 3.8) is 0 Å². The lowest BCUT2D eigenvalue weighted by atomic mass is 10.0. The number of nitrogens with one attached hydrogen (secondary N) is 6. The van der Waals surface area contributed by atoms with Crippen molar-refractivity contribution < 1.29 is 36.6 Å². The van der Waals surface area contributed by atoms with Crippen LogP contribution in [0.3, 0.4) is 0 Å². The molecule has 0 bridgehead atoms. The monoisotopic (exact) mass is 760 g/mol. The van der Waals surface area contributed by atoms with Crippen molar-refractivity contribution in [3.8, 4) is 0 Å². The van der Waals surface area contributed by atoms with E-state index in [0.717, 1.165) is 28.1 Å². The number of fused-ring (bicyclic) bond motifs is 2. The minimum atomic E-state index is -3.66. The average molecular weight is 761 g/mol. The predicted octanol–water partition coefficient (Wildman–Crippen LogP) is 3.81. The molecule has 6 rings (SSSR count). The molecule has 0 radical (unpaired) electrons. The highest BCUT2D eigenvalue weighted by atomic mass is 32.2. The molecule has 16 heteroatoms. The topological polar surface area (TPSA) is 215 Å². The number of sulfonamides is 2. The molecule has 0 aliphatic carbocycles. The molecule has 0 fully saturated rings. The Morgan fingerprint density at radius 1 is 0.623 bits per heavy atom. The van der Waals surface area contributed by atoms with E-state index in [0.29, 0.717) is 35.4 Å². The molecule has 0 saturated carbocycles. The second-order valence-electron chi connectivity index (χ2n) is 11.9. The molecule has 53 heavy (non-hydrogen) atoms. The Labute approximate surface area is 308 Å². The van der Waals surface area contributed by atoms with Crippen molar-refractivity contribution in [2.24, 2.45) is 0 Å². The van der Waals surface area contributed by atoms with E-state index >= 15 is 0 Å². The normalized spacial score (nSPS) is 14.9. The Bertz CT molecular complexity index is 2270. The van der Waals surface area contributed by atoms with Crippen molar-refractivity contribution in [3.05, 3.63) is 120 Å². The summed E-state index contributed by atoms with van der Waals surface area (Å²) in [6.45, 7) is 2.09. The first-order chi connectivity index (χ1) is 25.4. The van der Waals surface area contributed by atoms with Gasteiger partial charge in [-0.2, -0.15) is 0 Å². The highest BCUT2D eigenvalue weighted by Crippen LogP contribution is 2.34. The van der Waals surface area contributed by atoms with Gasteiger partial charge in [0.05, 0.1) is 20.9 Å². The van der Waals surface area contributed by atoms with Crippen LogP contribution < -0.4 is 30.7 Å². The maximum atomic E-state index is 12.3. The molecule has 0 unspecified atom stereocenters. The fourth-order valence-corrected chi connectivity index (χ4v) is 7.65. The molecule has 2 aliphatic heterocycles. The van der Waals surface area contributed by atoms with Gasteiger partial charge in [-0.05, 0) is 73.9 Å². The number of para-hydroxylation sites is 1. The first kappa shape index (κ1) is 38.9.